The topological polar surface area (TPSA) is 71.0 Å². The number of amides is 1. The first kappa shape index (κ1) is 17.6. The minimum atomic E-state index is -0.507. The standard InChI is InChI=1S/C17H26N2O4/c1-17(2,3)23-16(21)19-10-14(15(11-19)22-4)18-9-12-6-5-7-13(20)8-12/h5-8,14-15,18,20H,9-11H2,1-4H3/t14?,15-/m0/s1. The Morgan fingerprint density at radius 3 is 2.74 bits per heavy atom. The number of phenolic OH excluding ortho intramolecular Hbond substituents is 1. The lowest BCUT2D eigenvalue weighted by Gasteiger charge is -2.24. The van der Waals surface area contributed by atoms with E-state index in [1.54, 1.807) is 24.1 Å². The molecule has 23 heavy (non-hydrogen) atoms. The molecule has 1 aliphatic rings. The maximum atomic E-state index is 12.2. The van der Waals surface area contributed by atoms with E-state index in [4.69, 9.17) is 9.47 Å². The average molecular weight is 322 g/mol. The molecule has 1 aliphatic heterocycles. The number of benzene rings is 1. The third kappa shape index (κ3) is 5.11. The summed E-state index contributed by atoms with van der Waals surface area (Å²) in [6.45, 7) is 7.20. The summed E-state index contributed by atoms with van der Waals surface area (Å²) in [7, 11) is 1.65. The van der Waals surface area contributed by atoms with E-state index in [2.05, 4.69) is 5.32 Å². The smallest absolute Gasteiger partial charge is 0.410 e. The number of nitrogens with zero attached hydrogens (tertiary/aromatic N) is 1. The maximum Gasteiger partial charge on any atom is 0.410 e. The highest BCUT2D eigenvalue weighted by Crippen LogP contribution is 2.18. The summed E-state index contributed by atoms with van der Waals surface area (Å²) in [6.07, 6.45) is -0.402. The summed E-state index contributed by atoms with van der Waals surface area (Å²) in [5.74, 6) is 0.245. The first-order valence-corrected chi connectivity index (χ1v) is 7.80. The lowest BCUT2D eigenvalue weighted by Crippen LogP contribution is -2.40. The number of rotatable bonds is 4. The van der Waals surface area contributed by atoms with E-state index in [1.165, 1.54) is 0 Å². The minimum absolute atomic E-state index is 0.0230. The quantitative estimate of drug-likeness (QED) is 0.888. The second-order valence-electron chi connectivity index (χ2n) is 6.82. The van der Waals surface area contributed by atoms with Crippen molar-refractivity contribution >= 4 is 6.09 Å². The van der Waals surface area contributed by atoms with Gasteiger partial charge in [0.25, 0.3) is 0 Å². The van der Waals surface area contributed by atoms with Gasteiger partial charge in [-0.1, -0.05) is 12.1 Å². The molecule has 0 spiro atoms. The van der Waals surface area contributed by atoms with Crippen LogP contribution in [0.3, 0.4) is 0 Å². The second-order valence-corrected chi connectivity index (χ2v) is 6.82. The Bertz CT molecular complexity index is 542. The Labute approximate surface area is 137 Å². The summed E-state index contributed by atoms with van der Waals surface area (Å²) in [4.78, 5) is 13.8. The number of hydrogen-bond donors (Lipinski definition) is 2. The summed E-state index contributed by atoms with van der Waals surface area (Å²) < 4.78 is 10.9. The van der Waals surface area contributed by atoms with Crippen LogP contribution in [0, 0.1) is 0 Å². The van der Waals surface area contributed by atoms with Gasteiger partial charge in [-0.25, -0.2) is 4.79 Å². The SMILES string of the molecule is CO[C@H]1CN(C(=O)OC(C)(C)C)CC1NCc1cccc(O)c1. The van der Waals surface area contributed by atoms with Gasteiger partial charge in [0.1, 0.15) is 11.4 Å². The molecule has 1 heterocycles. The van der Waals surface area contributed by atoms with Crippen molar-refractivity contribution < 1.29 is 19.4 Å². The summed E-state index contributed by atoms with van der Waals surface area (Å²) in [5, 5.41) is 12.9. The molecule has 0 aromatic heterocycles. The summed E-state index contributed by atoms with van der Waals surface area (Å²) >= 11 is 0. The molecule has 1 aromatic rings. The third-order valence-electron chi connectivity index (χ3n) is 3.70. The lowest BCUT2D eigenvalue weighted by molar-refractivity contribution is 0.0252. The molecule has 1 amide bonds. The van der Waals surface area contributed by atoms with Crippen molar-refractivity contribution in [3.63, 3.8) is 0 Å². The normalized spacial score (nSPS) is 21.5. The van der Waals surface area contributed by atoms with Crippen LogP contribution in [0.1, 0.15) is 26.3 Å². The fraction of sp³-hybridized carbons (Fsp3) is 0.588. The van der Waals surface area contributed by atoms with E-state index >= 15 is 0 Å². The molecule has 2 N–H and O–H groups in total. The zero-order valence-corrected chi connectivity index (χ0v) is 14.2. The van der Waals surface area contributed by atoms with E-state index < -0.39 is 5.60 Å². The number of methoxy groups -OCH3 is 1. The molecule has 0 saturated carbocycles. The molecule has 0 radical (unpaired) electrons. The van der Waals surface area contributed by atoms with Gasteiger partial charge in [-0.05, 0) is 38.5 Å². The molecule has 128 valence electrons. The molecule has 1 unspecified atom stereocenters. The van der Waals surface area contributed by atoms with Gasteiger partial charge in [0.2, 0.25) is 0 Å². The van der Waals surface area contributed by atoms with Crippen LogP contribution in [0.5, 0.6) is 5.75 Å². The van der Waals surface area contributed by atoms with Crippen LogP contribution in [0.25, 0.3) is 0 Å². The Kier molecular flexibility index (Phi) is 5.49. The summed E-state index contributed by atoms with van der Waals surface area (Å²) in [5.41, 5.74) is 0.475. The predicted octanol–water partition coefficient (Wildman–Crippen LogP) is 2.12. The number of likely N-dealkylation sites (tertiary alicyclic amines) is 1. The van der Waals surface area contributed by atoms with Gasteiger partial charge in [-0.15, -0.1) is 0 Å². The minimum Gasteiger partial charge on any atom is -0.508 e. The Morgan fingerprint density at radius 1 is 1.39 bits per heavy atom. The van der Waals surface area contributed by atoms with E-state index in [1.807, 2.05) is 32.9 Å². The molecule has 1 saturated heterocycles. The predicted molar refractivity (Wildman–Crippen MR) is 87.3 cm³/mol. The Morgan fingerprint density at radius 2 is 2.13 bits per heavy atom. The largest absolute Gasteiger partial charge is 0.508 e. The van der Waals surface area contributed by atoms with Crippen LogP contribution >= 0.6 is 0 Å². The van der Waals surface area contributed by atoms with Crippen LogP contribution in [0.15, 0.2) is 24.3 Å². The van der Waals surface area contributed by atoms with E-state index in [9.17, 15) is 9.90 Å². The van der Waals surface area contributed by atoms with Gasteiger partial charge in [0.05, 0.1) is 18.7 Å². The highest BCUT2D eigenvalue weighted by molar-refractivity contribution is 5.68. The maximum absolute atomic E-state index is 12.2. The molecule has 6 heteroatoms. The molecule has 6 nitrogen and oxygen atoms in total. The van der Waals surface area contributed by atoms with Crippen LogP contribution < -0.4 is 5.32 Å². The number of hydrogen-bond acceptors (Lipinski definition) is 5. The Balaban J connectivity index is 1.92. The van der Waals surface area contributed by atoms with Gasteiger partial charge in [0, 0.05) is 20.2 Å². The lowest BCUT2D eigenvalue weighted by atomic mass is 10.1. The zero-order chi connectivity index (χ0) is 17.0. The number of phenols is 1. The van der Waals surface area contributed by atoms with Crippen molar-refractivity contribution in [1.29, 1.82) is 0 Å². The van der Waals surface area contributed by atoms with Crippen LogP contribution in [-0.2, 0) is 16.0 Å². The van der Waals surface area contributed by atoms with Crippen molar-refractivity contribution in [3.05, 3.63) is 29.8 Å². The van der Waals surface area contributed by atoms with E-state index in [0.29, 0.717) is 19.6 Å². The highest BCUT2D eigenvalue weighted by Gasteiger charge is 2.37. The number of carbonyl (C=O) groups excluding carboxylic acids is 1. The number of nitrogens with one attached hydrogen (secondary N) is 1. The third-order valence-corrected chi connectivity index (χ3v) is 3.70. The fourth-order valence-corrected chi connectivity index (χ4v) is 2.60. The van der Waals surface area contributed by atoms with E-state index in [-0.39, 0.29) is 24.0 Å². The highest BCUT2D eigenvalue weighted by atomic mass is 16.6. The number of ether oxygens (including phenoxy) is 2. The van der Waals surface area contributed by atoms with E-state index in [0.717, 1.165) is 5.56 Å². The molecular weight excluding hydrogens is 296 g/mol. The molecule has 2 rings (SSSR count). The molecular formula is C17H26N2O4. The first-order chi connectivity index (χ1) is 10.8. The molecule has 0 bridgehead atoms. The van der Waals surface area contributed by atoms with Crippen molar-refractivity contribution in [1.82, 2.24) is 10.2 Å². The van der Waals surface area contributed by atoms with Crippen molar-refractivity contribution in [2.45, 2.75) is 45.1 Å². The van der Waals surface area contributed by atoms with Crippen molar-refractivity contribution in [2.75, 3.05) is 20.2 Å². The van der Waals surface area contributed by atoms with Crippen LogP contribution in [-0.4, -0.2) is 54.0 Å². The fourth-order valence-electron chi connectivity index (χ4n) is 2.60. The monoisotopic (exact) mass is 322 g/mol. The van der Waals surface area contributed by atoms with Gasteiger partial charge < -0.3 is 24.8 Å². The zero-order valence-electron chi connectivity index (χ0n) is 14.2. The molecule has 0 aliphatic carbocycles. The average Bonchev–Trinajstić information content (AvgIpc) is 2.87. The van der Waals surface area contributed by atoms with Gasteiger partial charge in [-0.2, -0.15) is 0 Å². The second kappa shape index (κ2) is 7.19. The molecule has 1 fully saturated rings. The van der Waals surface area contributed by atoms with Crippen LogP contribution in [0.2, 0.25) is 0 Å². The summed E-state index contributed by atoms with van der Waals surface area (Å²) in [6, 6.07) is 7.13. The van der Waals surface area contributed by atoms with Crippen molar-refractivity contribution in [2.24, 2.45) is 0 Å². The van der Waals surface area contributed by atoms with Gasteiger partial charge in [-0.3, -0.25) is 0 Å². The number of carbonyl (C=O) groups is 1. The number of aromatic hydroxyl groups is 1. The van der Waals surface area contributed by atoms with Crippen LogP contribution in [0.4, 0.5) is 4.79 Å². The molecule has 2 atom stereocenters. The Hall–Kier alpha value is -1.79. The van der Waals surface area contributed by atoms with Crippen molar-refractivity contribution in [3.8, 4) is 5.75 Å². The first-order valence-electron chi connectivity index (χ1n) is 7.80. The molecule has 1 aromatic carbocycles. The van der Waals surface area contributed by atoms with Gasteiger partial charge >= 0.3 is 6.09 Å². The van der Waals surface area contributed by atoms with Gasteiger partial charge in [0.15, 0.2) is 0 Å².